The number of rotatable bonds is 3. The van der Waals surface area contributed by atoms with Crippen LogP contribution in [0, 0.1) is 5.41 Å². The maximum Gasteiger partial charge on any atom is 0.191 e. The topological polar surface area (TPSA) is 60.1 Å². The van der Waals surface area contributed by atoms with Crippen LogP contribution in [0.25, 0.3) is 0 Å². The van der Waals surface area contributed by atoms with Crippen molar-refractivity contribution in [2.45, 2.75) is 38.3 Å². The van der Waals surface area contributed by atoms with E-state index in [0.717, 1.165) is 69.6 Å². The van der Waals surface area contributed by atoms with E-state index in [1.807, 2.05) is 11.8 Å². The van der Waals surface area contributed by atoms with Crippen LogP contribution in [-0.2, 0) is 9.47 Å². The van der Waals surface area contributed by atoms with Crippen LogP contribution in [0.15, 0.2) is 4.99 Å². The fourth-order valence-corrected chi connectivity index (χ4v) is 4.69. The van der Waals surface area contributed by atoms with Crippen molar-refractivity contribution >= 4 is 41.7 Å². The highest BCUT2D eigenvalue weighted by Crippen LogP contribution is 2.52. The van der Waals surface area contributed by atoms with Crippen LogP contribution in [0.4, 0.5) is 0 Å². The predicted octanol–water partition coefficient (Wildman–Crippen LogP) is 1.94. The summed E-state index contributed by atoms with van der Waals surface area (Å²) in [4.78, 5) is 7.12. The Morgan fingerprint density at radius 2 is 2.05 bits per heavy atom. The lowest BCUT2D eigenvalue weighted by atomic mass is 9.58. The third-order valence-corrected chi connectivity index (χ3v) is 6.10. The van der Waals surface area contributed by atoms with Gasteiger partial charge in [0.2, 0.25) is 0 Å². The minimum absolute atomic E-state index is 0. The molecular formula is C15H28IN3O2S. The molecule has 0 bridgehead atoms. The van der Waals surface area contributed by atoms with E-state index in [-0.39, 0.29) is 29.4 Å². The van der Waals surface area contributed by atoms with Gasteiger partial charge < -0.3 is 20.1 Å². The fourth-order valence-electron chi connectivity index (χ4n) is 3.78. The summed E-state index contributed by atoms with van der Waals surface area (Å²) in [5.74, 6) is 3.05. The molecule has 3 aliphatic rings. The number of guanidine groups is 1. The van der Waals surface area contributed by atoms with E-state index >= 15 is 0 Å². The van der Waals surface area contributed by atoms with Gasteiger partial charge in [-0.25, -0.2) is 4.99 Å². The molecule has 0 aromatic carbocycles. The summed E-state index contributed by atoms with van der Waals surface area (Å²) in [6, 6.07) is 0.313. The van der Waals surface area contributed by atoms with Crippen molar-refractivity contribution in [3.63, 3.8) is 0 Å². The second kappa shape index (κ2) is 8.39. The Labute approximate surface area is 154 Å². The first kappa shape index (κ1) is 18.6. The monoisotopic (exact) mass is 441 g/mol. The summed E-state index contributed by atoms with van der Waals surface area (Å²) < 4.78 is 11.5. The number of halogens is 1. The Balaban J connectivity index is 0.00000176. The van der Waals surface area contributed by atoms with Crippen LogP contribution in [-0.4, -0.2) is 67.4 Å². The molecular weight excluding hydrogens is 413 g/mol. The van der Waals surface area contributed by atoms with Crippen molar-refractivity contribution in [1.82, 2.24) is 4.90 Å². The minimum Gasteiger partial charge on any atom is -0.381 e. The van der Waals surface area contributed by atoms with Gasteiger partial charge in [0.25, 0.3) is 0 Å². The van der Waals surface area contributed by atoms with Gasteiger partial charge in [-0.1, -0.05) is 0 Å². The molecule has 3 fully saturated rings. The molecule has 0 aromatic heterocycles. The summed E-state index contributed by atoms with van der Waals surface area (Å²) in [7, 11) is 0. The lowest BCUT2D eigenvalue weighted by Gasteiger charge is -2.55. The molecule has 1 spiro atoms. The van der Waals surface area contributed by atoms with Crippen molar-refractivity contribution in [2.75, 3.05) is 44.4 Å². The van der Waals surface area contributed by atoms with Crippen LogP contribution >= 0.6 is 35.7 Å². The first-order valence-corrected chi connectivity index (χ1v) is 9.27. The van der Waals surface area contributed by atoms with Gasteiger partial charge in [-0.05, 0) is 26.2 Å². The molecule has 2 N–H and O–H groups in total. The number of hydrogen-bond acceptors (Lipinski definition) is 4. The van der Waals surface area contributed by atoms with Gasteiger partial charge in [0.05, 0.1) is 12.1 Å². The molecule has 2 unspecified atom stereocenters. The van der Waals surface area contributed by atoms with Crippen LogP contribution in [0.2, 0.25) is 0 Å². The van der Waals surface area contributed by atoms with Crippen molar-refractivity contribution in [3.05, 3.63) is 0 Å². The Morgan fingerprint density at radius 1 is 1.36 bits per heavy atom. The molecule has 3 rings (SSSR count). The highest BCUT2D eigenvalue weighted by Gasteiger charge is 2.56. The highest BCUT2D eigenvalue weighted by molar-refractivity contribution is 14.0. The summed E-state index contributed by atoms with van der Waals surface area (Å²) in [5.41, 5.74) is 6.43. The zero-order valence-corrected chi connectivity index (χ0v) is 16.5. The third-order valence-electron chi connectivity index (χ3n) is 5.16. The van der Waals surface area contributed by atoms with Crippen molar-refractivity contribution in [3.8, 4) is 0 Å². The van der Waals surface area contributed by atoms with E-state index in [0.29, 0.717) is 12.1 Å². The van der Waals surface area contributed by atoms with Gasteiger partial charge in [-0.3, -0.25) is 0 Å². The van der Waals surface area contributed by atoms with Gasteiger partial charge in [0.15, 0.2) is 5.96 Å². The molecule has 2 aliphatic heterocycles. The van der Waals surface area contributed by atoms with E-state index < -0.39 is 0 Å². The van der Waals surface area contributed by atoms with E-state index in [1.165, 1.54) is 0 Å². The molecule has 22 heavy (non-hydrogen) atoms. The number of nitrogens with two attached hydrogens (primary N) is 1. The fraction of sp³-hybridized carbons (Fsp3) is 0.933. The van der Waals surface area contributed by atoms with Crippen molar-refractivity contribution in [1.29, 1.82) is 0 Å². The number of aliphatic imine (C=N–C) groups is 1. The molecule has 2 saturated heterocycles. The lowest BCUT2D eigenvalue weighted by molar-refractivity contribution is -0.163. The van der Waals surface area contributed by atoms with Gasteiger partial charge in [-0.2, -0.15) is 11.8 Å². The third kappa shape index (κ3) is 3.67. The van der Waals surface area contributed by atoms with Gasteiger partial charge in [0.1, 0.15) is 0 Å². The quantitative estimate of drug-likeness (QED) is 0.412. The Hall–Kier alpha value is 0.270. The van der Waals surface area contributed by atoms with Gasteiger partial charge in [0, 0.05) is 49.8 Å². The summed E-state index contributed by atoms with van der Waals surface area (Å²) in [6.45, 7) is 6.56. The molecule has 1 aliphatic carbocycles. The summed E-state index contributed by atoms with van der Waals surface area (Å²) in [5, 5.41) is 0. The molecule has 0 amide bonds. The van der Waals surface area contributed by atoms with Crippen LogP contribution in [0.1, 0.15) is 26.2 Å². The minimum atomic E-state index is 0. The predicted molar refractivity (Wildman–Crippen MR) is 102 cm³/mol. The normalized spacial score (nSPS) is 31.5. The zero-order chi connectivity index (χ0) is 14.7. The number of nitrogens with zero attached hydrogens (tertiary/aromatic N) is 2. The molecule has 0 radical (unpaired) electrons. The first-order chi connectivity index (χ1) is 10.3. The maximum atomic E-state index is 6.26. The van der Waals surface area contributed by atoms with E-state index in [4.69, 9.17) is 20.2 Å². The second-order valence-electron chi connectivity index (χ2n) is 6.13. The van der Waals surface area contributed by atoms with Crippen LogP contribution in [0.3, 0.4) is 0 Å². The SMILES string of the molecule is CCOC1CC(N=C(N)N2CCSCC2)C12CCOCC2.I. The number of ether oxygens (including phenoxy) is 2. The van der Waals surface area contributed by atoms with Crippen LogP contribution < -0.4 is 5.73 Å². The molecule has 128 valence electrons. The average Bonchev–Trinajstić information content (AvgIpc) is 2.55. The molecule has 7 heteroatoms. The maximum absolute atomic E-state index is 6.26. The van der Waals surface area contributed by atoms with Crippen molar-refractivity contribution in [2.24, 2.45) is 16.1 Å². The number of hydrogen-bond donors (Lipinski definition) is 1. The average molecular weight is 441 g/mol. The molecule has 2 atom stereocenters. The Morgan fingerprint density at radius 3 is 2.68 bits per heavy atom. The zero-order valence-electron chi connectivity index (χ0n) is 13.3. The van der Waals surface area contributed by atoms with Gasteiger partial charge in [-0.15, -0.1) is 24.0 Å². The number of thioether (sulfide) groups is 1. The largest absolute Gasteiger partial charge is 0.381 e. The standard InChI is InChI=1S/C15H27N3O2S.HI/c1-2-20-13-11-12(15(13)3-7-19-8-4-15)17-14(16)18-5-9-21-10-6-18;/h12-13H,2-11H2,1H3,(H2,16,17);1H. The van der Waals surface area contributed by atoms with Crippen molar-refractivity contribution < 1.29 is 9.47 Å². The molecule has 1 saturated carbocycles. The summed E-state index contributed by atoms with van der Waals surface area (Å²) >= 11 is 1.99. The second-order valence-corrected chi connectivity index (χ2v) is 7.35. The van der Waals surface area contributed by atoms with E-state index in [9.17, 15) is 0 Å². The highest BCUT2D eigenvalue weighted by atomic mass is 127. The van der Waals surface area contributed by atoms with Gasteiger partial charge >= 0.3 is 0 Å². The summed E-state index contributed by atoms with van der Waals surface area (Å²) in [6.07, 6.45) is 3.45. The van der Waals surface area contributed by atoms with E-state index in [2.05, 4.69) is 11.8 Å². The Bertz CT molecular complexity index is 385. The van der Waals surface area contributed by atoms with Crippen LogP contribution in [0.5, 0.6) is 0 Å². The Kier molecular flexibility index (Phi) is 7.10. The molecule has 5 nitrogen and oxygen atoms in total. The lowest BCUT2D eigenvalue weighted by Crippen LogP contribution is -2.60. The van der Waals surface area contributed by atoms with E-state index in [1.54, 1.807) is 0 Å². The first-order valence-electron chi connectivity index (χ1n) is 8.11. The molecule has 2 heterocycles. The smallest absolute Gasteiger partial charge is 0.191 e. The molecule has 0 aromatic rings.